The number of carboxylic acid groups (broad SMARTS) is 1. The number of carboxylic acids is 1. The molecule has 0 amide bonds. The van der Waals surface area contributed by atoms with Crippen molar-refractivity contribution in [2.75, 3.05) is 13.1 Å². The number of hydrogen-bond acceptors (Lipinski definition) is 4. The molecule has 1 saturated carbocycles. The van der Waals surface area contributed by atoms with Crippen LogP contribution < -0.4 is 11.5 Å². The maximum Gasteiger partial charge on any atom is 0.398 e. The minimum Gasteiger partial charge on any atom is -0.475 e. The van der Waals surface area contributed by atoms with Gasteiger partial charge in [-0.3, -0.25) is 4.79 Å². The van der Waals surface area contributed by atoms with Gasteiger partial charge in [-0.05, 0) is 50.3 Å². The highest BCUT2D eigenvalue weighted by atomic mass is 19.4. The van der Waals surface area contributed by atoms with Crippen LogP contribution in [0.1, 0.15) is 70.4 Å². The predicted molar refractivity (Wildman–Crippen MR) is 131 cm³/mol. The number of benzene rings is 1. The summed E-state index contributed by atoms with van der Waals surface area (Å²) in [7, 11) is 0. The summed E-state index contributed by atoms with van der Waals surface area (Å²) < 4.78 is 38.6. The summed E-state index contributed by atoms with van der Waals surface area (Å²) in [6.45, 7) is 11.6. The summed E-state index contributed by atoms with van der Waals surface area (Å²) in [4.78, 5) is 21.4. The Balaban J connectivity index is 0.000000605. The predicted octanol–water partition coefficient (Wildman–Crippen LogP) is 5.47. The molecule has 1 aromatic rings. The quantitative estimate of drug-likeness (QED) is 0.232. The Morgan fingerprint density at radius 1 is 1.12 bits per heavy atom. The average Bonchev–Trinajstić information content (AvgIpc) is 3.61. The molecule has 0 spiro atoms. The van der Waals surface area contributed by atoms with Crippen LogP contribution in [0.3, 0.4) is 0 Å². The van der Waals surface area contributed by atoms with E-state index in [1.54, 1.807) is 0 Å². The van der Waals surface area contributed by atoms with E-state index in [1.165, 1.54) is 49.1 Å². The van der Waals surface area contributed by atoms with Crippen molar-refractivity contribution in [3.05, 3.63) is 59.2 Å². The second-order valence-corrected chi connectivity index (χ2v) is 8.38. The first-order valence-electron chi connectivity index (χ1n) is 11.6. The Labute approximate surface area is 201 Å². The SMILES string of the molecule is C=C(/C=C(\C)CN)CC.CCCCCN.O=C(O)C(=O)Cc1ccc(C2(C(F)(F)F)CC2)cc1. The minimum atomic E-state index is -4.27. The van der Waals surface area contributed by atoms with Crippen molar-refractivity contribution in [3.63, 3.8) is 0 Å². The van der Waals surface area contributed by atoms with Gasteiger partial charge in [-0.15, -0.1) is 0 Å². The van der Waals surface area contributed by atoms with Gasteiger partial charge in [-0.25, -0.2) is 4.79 Å². The molecule has 34 heavy (non-hydrogen) atoms. The molecule has 5 N–H and O–H groups in total. The van der Waals surface area contributed by atoms with E-state index >= 15 is 0 Å². The number of alkyl halides is 3. The number of aliphatic carboxylic acids is 1. The lowest BCUT2D eigenvalue weighted by atomic mass is 9.93. The fourth-order valence-corrected chi connectivity index (χ4v) is 2.97. The molecule has 0 atom stereocenters. The van der Waals surface area contributed by atoms with Crippen molar-refractivity contribution in [2.45, 2.75) is 77.3 Å². The standard InChI is InChI=1S/C13H11F3O3.C8H15N.C5H13N/c14-13(15,16)12(5-6-12)9-3-1-8(2-4-9)7-10(17)11(18)19;1-4-7(2)5-8(3)6-9;1-2-3-4-5-6/h1-4H,5-7H2,(H,18,19);5H,2,4,6,9H2,1,3H3;2-6H2,1H3/b;8-5+;. The Hall–Kier alpha value is -2.45. The monoisotopic (exact) mass is 484 g/mol. The largest absolute Gasteiger partial charge is 0.475 e. The highest BCUT2D eigenvalue weighted by Crippen LogP contribution is 2.58. The lowest BCUT2D eigenvalue weighted by Crippen LogP contribution is -2.28. The molecule has 1 aliphatic rings. The molecule has 1 aromatic carbocycles. The molecule has 0 saturated heterocycles. The number of carbonyl (C=O) groups excluding carboxylic acids is 1. The molecule has 0 aliphatic heterocycles. The fraction of sp³-hybridized carbons (Fsp3) is 0.538. The van der Waals surface area contributed by atoms with Crippen LogP contribution >= 0.6 is 0 Å². The highest BCUT2D eigenvalue weighted by Gasteiger charge is 2.64. The van der Waals surface area contributed by atoms with Crippen LogP contribution in [0.2, 0.25) is 0 Å². The van der Waals surface area contributed by atoms with E-state index in [-0.39, 0.29) is 24.8 Å². The smallest absolute Gasteiger partial charge is 0.398 e. The maximum atomic E-state index is 12.9. The van der Waals surface area contributed by atoms with Crippen LogP contribution in [-0.4, -0.2) is 36.1 Å². The molecule has 2 rings (SSSR count). The zero-order chi connectivity index (χ0) is 26.4. The second-order valence-electron chi connectivity index (χ2n) is 8.38. The number of rotatable bonds is 10. The van der Waals surface area contributed by atoms with Crippen molar-refractivity contribution in [1.29, 1.82) is 0 Å². The summed E-state index contributed by atoms with van der Waals surface area (Å²) in [5, 5.41) is 8.45. The van der Waals surface area contributed by atoms with Crippen molar-refractivity contribution >= 4 is 11.8 Å². The Morgan fingerprint density at radius 2 is 1.68 bits per heavy atom. The van der Waals surface area contributed by atoms with E-state index in [0.29, 0.717) is 12.1 Å². The lowest BCUT2D eigenvalue weighted by molar-refractivity contribution is -0.160. The Morgan fingerprint density at radius 3 is 2.00 bits per heavy atom. The van der Waals surface area contributed by atoms with Gasteiger partial charge in [0.05, 0.1) is 5.41 Å². The first-order valence-corrected chi connectivity index (χ1v) is 11.6. The van der Waals surface area contributed by atoms with Gasteiger partial charge in [0, 0.05) is 13.0 Å². The second kappa shape index (κ2) is 15.5. The molecule has 1 aliphatic carbocycles. The van der Waals surface area contributed by atoms with Crippen LogP contribution in [0.25, 0.3) is 0 Å². The molecule has 0 unspecified atom stereocenters. The van der Waals surface area contributed by atoms with Crippen LogP contribution in [0.4, 0.5) is 13.2 Å². The molecule has 192 valence electrons. The molecular formula is C26H39F3N2O3. The zero-order valence-corrected chi connectivity index (χ0v) is 20.5. The molecule has 5 nitrogen and oxygen atoms in total. The van der Waals surface area contributed by atoms with Gasteiger partial charge in [0.2, 0.25) is 5.78 Å². The van der Waals surface area contributed by atoms with E-state index in [2.05, 4.69) is 20.4 Å². The molecule has 1 fully saturated rings. The molecule has 0 aromatic heterocycles. The van der Waals surface area contributed by atoms with Gasteiger partial charge in [0.25, 0.3) is 0 Å². The summed E-state index contributed by atoms with van der Waals surface area (Å²) >= 11 is 0. The van der Waals surface area contributed by atoms with E-state index in [0.717, 1.165) is 18.5 Å². The molecule has 0 heterocycles. The summed E-state index contributed by atoms with van der Waals surface area (Å²) in [6, 6.07) is 5.40. The van der Waals surface area contributed by atoms with E-state index < -0.39 is 23.3 Å². The normalized spacial score (nSPS) is 14.2. The number of nitrogens with two attached hydrogens (primary N) is 2. The third-order valence-corrected chi connectivity index (χ3v) is 5.44. The molecular weight excluding hydrogens is 445 g/mol. The molecule has 0 bridgehead atoms. The van der Waals surface area contributed by atoms with E-state index in [9.17, 15) is 22.8 Å². The van der Waals surface area contributed by atoms with Gasteiger partial charge >= 0.3 is 12.1 Å². The topological polar surface area (TPSA) is 106 Å². The van der Waals surface area contributed by atoms with Crippen LogP contribution in [-0.2, 0) is 21.4 Å². The first kappa shape index (κ1) is 31.6. The number of Topliss-reactive ketones (excluding diaryl/α,β-unsaturated/α-hetero) is 1. The average molecular weight is 485 g/mol. The summed E-state index contributed by atoms with van der Waals surface area (Å²) in [5.74, 6) is -2.53. The number of ketones is 1. The van der Waals surface area contributed by atoms with Gasteiger partial charge in [0.15, 0.2) is 0 Å². The number of hydrogen-bond donors (Lipinski definition) is 3. The van der Waals surface area contributed by atoms with Crippen LogP contribution in [0.5, 0.6) is 0 Å². The van der Waals surface area contributed by atoms with E-state index in [4.69, 9.17) is 16.6 Å². The lowest BCUT2D eigenvalue weighted by Gasteiger charge is -2.19. The van der Waals surface area contributed by atoms with Gasteiger partial charge < -0.3 is 16.6 Å². The van der Waals surface area contributed by atoms with Crippen molar-refractivity contribution in [2.24, 2.45) is 11.5 Å². The number of allylic oxidation sites excluding steroid dienone is 2. The minimum absolute atomic E-state index is 0.0733. The van der Waals surface area contributed by atoms with Crippen molar-refractivity contribution < 1.29 is 27.9 Å². The maximum absolute atomic E-state index is 12.9. The highest BCUT2D eigenvalue weighted by molar-refractivity contribution is 6.33. The summed E-state index contributed by atoms with van der Waals surface area (Å²) in [5.41, 5.74) is 11.7. The zero-order valence-electron chi connectivity index (χ0n) is 20.5. The fourth-order valence-electron chi connectivity index (χ4n) is 2.97. The van der Waals surface area contributed by atoms with Gasteiger partial charge in [0.1, 0.15) is 0 Å². The van der Waals surface area contributed by atoms with Gasteiger partial charge in [-0.2, -0.15) is 13.2 Å². The third-order valence-electron chi connectivity index (χ3n) is 5.44. The first-order chi connectivity index (χ1) is 15.9. The number of halogens is 3. The van der Waals surface area contributed by atoms with Crippen LogP contribution in [0.15, 0.2) is 48.1 Å². The van der Waals surface area contributed by atoms with Crippen molar-refractivity contribution in [3.8, 4) is 0 Å². The van der Waals surface area contributed by atoms with Crippen LogP contribution in [0, 0.1) is 0 Å². The Kier molecular flexibility index (Phi) is 14.3. The van der Waals surface area contributed by atoms with Crippen molar-refractivity contribution in [1.82, 2.24) is 0 Å². The van der Waals surface area contributed by atoms with Gasteiger partial charge in [-0.1, -0.05) is 74.8 Å². The van der Waals surface area contributed by atoms with E-state index in [1.807, 2.05) is 13.0 Å². The molecule has 0 radical (unpaired) electrons. The number of unbranched alkanes of at least 4 members (excludes halogenated alkanes) is 2. The Bertz CT molecular complexity index is 808. The number of carbonyl (C=O) groups is 2. The third kappa shape index (κ3) is 11.1. The molecule has 8 heteroatoms. The summed E-state index contributed by atoms with van der Waals surface area (Å²) in [6.07, 6.45) is 2.37.